The van der Waals surface area contributed by atoms with Gasteiger partial charge in [0, 0.05) is 36.3 Å². The standard InChI is InChI=1S/C25H27ClN6O4S/c1-15-9-18(11-27-10-15)25-31-30-22(32(25)23-20(35-4)7-6-8-21(23)36-5)14-37(33,34)17(3)16(2)24-28-12-19(26)13-29-24/h6-13,16-17H,14H2,1-5H3/t16-,17-/m0/s1. The first-order valence-corrected chi connectivity index (χ1v) is 13.5. The van der Waals surface area contributed by atoms with E-state index in [9.17, 15) is 8.42 Å². The van der Waals surface area contributed by atoms with Gasteiger partial charge in [-0.25, -0.2) is 18.4 Å². The summed E-state index contributed by atoms with van der Waals surface area (Å²) in [7, 11) is -0.690. The van der Waals surface area contributed by atoms with Crippen molar-refractivity contribution in [1.29, 1.82) is 0 Å². The number of hydrogen-bond donors (Lipinski definition) is 0. The Kier molecular flexibility index (Phi) is 7.74. The summed E-state index contributed by atoms with van der Waals surface area (Å²) in [5.74, 6) is 1.06. The Morgan fingerprint density at radius 3 is 2.24 bits per heavy atom. The van der Waals surface area contributed by atoms with E-state index in [0.29, 0.717) is 39.4 Å². The third kappa shape index (κ3) is 5.42. The maximum Gasteiger partial charge on any atom is 0.170 e. The van der Waals surface area contributed by atoms with Gasteiger partial charge in [0.1, 0.15) is 28.8 Å². The molecule has 0 spiro atoms. The number of ether oxygens (including phenoxy) is 2. The molecule has 0 saturated carbocycles. The molecule has 0 unspecified atom stereocenters. The predicted octanol–water partition coefficient (Wildman–Crippen LogP) is 4.21. The second-order valence-corrected chi connectivity index (χ2v) is 11.4. The Bertz CT molecular complexity index is 1490. The summed E-state index contributed by atoms with van der Waals surface area (Å²) in [5, 5.41) is 8.24. The fourth-order valence-electron chi connectivity index (χ4n) is 3.95. The lowest BCUT2D eigenvalue weighted by Gasteiger charge is -2.20. The molecule has 10 nitrogen and oxygen atoms in total. The zero-order valence-electron chi connectivity index (χ0n) is 21.1. The van der Waals surface area contributed by atoms with Crippen molar-refractivity contribution < 1.29 is 17.9 Å². The summed E-state index contributed by atoms with van der Waals surface area (Å²) in [6, 6.07) is 7.20. The Hall–Kier alpha value is -3.57. The van der Waals surface area contributed by atoms with Gasteiger partial charge in [-0.3, -0.25) is 9.55 Å². The molecule has 37 heavy (non-hydrogen) atoms. The van der Waals surface area contributed by atoms with Crippen molar-refractivity contribution in [2.45, 2.75) is 37.7 Å². The molecule has 12 heteroatoms. The number of benzene rings is 1. The van der Waals surface area contributed by atoms with Crippen molar-refractivity contribution in [3.63, 3.8) is 0 Å². The van der Waals surface area contributed by atoms with Crippen molar-refractivity contribution in [2.24, 2.45) is 0 Å². The summed E-state index contributed by atoms with van der Waals surface area (Å²) >= 11 is 5.89. The number of halogens is 1. The fraction of sp³-hybridized carbons (Fsp3) is 0.320. The van der Waals surface area contributed by atoms with Crippen molar-refractivity contribution in [3.05, 3.63) is 71.3 Å². The third-order valence-corrected chi connectivity index (χ3v) is 8.53. The number of hydrogen-bond acceptors (Lipinski definition) is 9. The first-order valence-electron chi connectivity index (χ1n) is 11.4. The minimum Gasteiger partial charge on any atom is -0.494 e. The summed E-state index contributed by atoms with van der Waals surface area (Å²) in [4.78, 5) is 12.7. The summed E-state index contributed by atoms with van der Waals surface area (Å²) in [5.41, 5.74) is 2.07. The summed E-state index contributed by atoms with van der Waals surface area (Å²) < 4.78 is 40.2. The number of nitrogens with zero attached hydrogens (tertiary/aromatic N) is 6. The minimum absolute atomic E-state index is 0.204. The van der Waals surface area contributed by atoms with Crippen LogP contribution in [-0.4, -0.2) is 57.6 Å². The zero-order valence-corrected chi connectivity index (χ0v) is 22.7. The third-order valence-electron chi connectivity index (χ3n) is 6.14. The number of aryl methyl sites for hydroxylation is 1. The molecule has 0 amide bonds. The van der Waals surface area contributed by atoms with Crippen LogP contribution in [0.4, 0.5) is 0 Å². The number of rotatable bonds is 9. The van der Waals surface area contributed by atoms with E-state index in [4.69, 9.17) is 21.1 Å². The average Bonchev–Trinajstić information content (AvgIpc) is 3.29. The van der Waals surface area contributed by atoms with Crippen LogP contribution in [0, 0.1) is 6.92 Å². The zero-order chi connectivity index (χ0) is 26.7. The normalized spacial score (nSPS) is 13.2. The molecule has 0 aliphatic carbocycles. The van der Waals surface area contributed by atoms with E-state index < -0.39 is 21.0 Å². The Morgan fingerprint density at radius 2 is 1.65 bits per heavy atom. The molecule has 4 rings (SSSR count). The smallest absolute Gasteiger partial charge is 0.170 e. The SMILES string of the molecule is COc1cccc(OC)c1-n1c(CS(=O)(=O)[C@@H](C)[C@H](C)c2ncc(Cl)cn2)nnc1-c1cncc(C)c1. The Morgan fingerprint density at radius 1 is 1.00 bits per heavy atom. The van der Waals surface area contributed by atoms with Crippen molar-refractivity contribution >= 4 is 21.4 Å². The van der Waals surface area contributed by atoms with E-state index in [1.165, 1.54) is 26.6 Å². The second kappa shape index (κ2) is 10.8. The molecule has 0 bridgehead atoms. The molecule has 0 saturated heterocycles. The van der Waals surface area contributed by atoms with Gasteiger partial charge in [0.2, 0.25) is 0 Å². The van der Waals surface area contributed by atoms with E-state index in [1.807, 2.05) is 13.0 Å². The number of aromatic nitrogens is 6. The molecule has 0 aliphatic rings. The fourth-order valence-corrected chi connectivity index (χ4v) is 5.60. The van der Waals surface area contributed by atoms with E-state index in [2.05, 4.69) is 25.1 Å². The van der Waals surface area contributed by atoms with Gasteiger partial charge in [-0.15, -0.1) is 10.2 Å². The van der Waals surface area contributed by atoms with Crippen molar-refractivity contribution in [3.8, 4) is 28.6 Å². The lowest BCUT2D eigenvalue weighted by molar-refractivity contribution is 0.390. The molecule has 1 aromatic carbocycles. The summed E-state index contributed by atoms with van der Waals surface area (Å²) in [6.07, 6.45) is 6.27. The highest BCUT2D eigenvalue weighted by atomic mass is 35.5. The maximum absolute atomic E-state index is 13.6. The van der Waals surface area contributed by atoms with Crippen LogP contribution < -0.4 is 9.47 Å². The van der Waals surface area contributed by atoms with Gasteiger partial charge in [-0.2, -0.15) is 0 Å². The van der Waals surface area contributed by atoms with Gasteiger partial charge < -0.3 is 9.47 Å². The monoisotopic (exact) mass is 542 g/mol. The van der Waals surface area contributed by atoms with Crippen LogP contribution in [0.2, 0.25) is 5.02 Å². The van der Waals surface area contributed by atoms with Gasteiger partial charge in [-0.05, 0) is 37.6 Å². The molecule has 0 aliphatic heterocycles. The Balaban J connectivity index is 1.83. The van der Waals surface area contributed by atoms with Gasteiger partial charge >= 0.3 is 0 Å². The lowest BCUT2D eigenvalue weighted by Crippen LogP contribution is -2.27. The van der Waals surface area contributed by atoms with Crippen LogP contribution in [0.1, 0.15) is 37.0 Å². The van der Waals surface area contributed by atoms with Crippen LogP contribution in [0.25, 0.3) is 17.1 Å². The molecule has 3 heterocycles. The quantitative estimate of drug-likeness (QED) is 0.306. The van der Waals surface area contributed by atoms with E-state index in [0.717, 1.165) is 5.56 Å². The minimum atomic E-state index is -3.75. The Labute approximate surface area is 220 Å². The number of methoxy groups -OCH3 is 2. The van der Waals surface area contributed by atoms with E-state index in [-0.39, 0.29) is 11.6 Å². The largest absolute Gasteiger partial charge is 0.494 e. The van der Waals surface area contributed by atoms with E-state index in [1.54, 1.807) is 49.0 Å². The molecule has 0 radical (unpaired) electrons. The first-order chi connectivity index (χ1) is 17.7. The molecule has 0 N–H and O–H groups in total. The number of sulfone groups is 1. The first kappa shape index (κ1) is 26.5. The van der Waals surface area contributed by atoms with Crippen molar-refractivity contribution in [1.82, 2.24) is 29.7 Å². The molecular weight excluding hydrogens is 516 g/mol. The van der Waals surface area contributed by atoms with Crippen LogP contribution in [0.3, 0.4) is 0 Å². The molecular formula is C25H27ClN6O4S. The second-order valence-electron chi connectivity index (χ2n) is 8.60. The van der Waals surface area contributed by atoms with Crippen molar-refractivity contribution in [2.75, 3.05) is 14.2 Å². The van der Waals surface area contributed by atoms with Crippen LogP contribution in [-0.2, 0) is 15.6 Å². The maximum atomic E-state index is 13.6. The molecule has 4 aromatic rings. The van der Waals surface area contributed by atoms with Crippen LogP contribution in [0.15, 0.2) is 49.1 Å². The highest BCUT2D eigenvalue weighted by Gasteiger charge is 2.33. The highest BCUT2D eigenvalue weighted by Crippen LogP contribution is 2.37. The lowest BCUT2D eigenvalue weighted by atomic mass is 10.1. The van der Waals surface area contributed by atoms with E-state index >= 15 is 0 Å². The van der Waals surface area contributed by atoms with Gasteiger partial charge in [0.25, 0.3) is 0 Å². The highest BCUT2D eigenvalue weighted by molar-refractivity contribution is 7.91. The summed E-state index contributed by atoms with van der Waals surface area (Å²) in [6.45, 7) is 5.31. The number of pyridine rings is 1. The van der Waals surface area contributed by atoms with Gasteiger partial charge in [0.15, 0.2) is 21.5 Å². The van der Waals surface area contributed by atoms with Crippen LogP contribution in [0.5, 0.6) is 11.5 Å². The topological polar surface area (TPSA) is 122 Å². The number of para-hydroxylation sites is 1. The molecule has 194 valence electrons. The average molecular weight is 543 g/mol. The van der Waals surface area contributed by atoms with Crippen LogP contribution >= 0.6 is 11.6 Å². The molecule has 0 fully saturated rings. The molecule has 3 aromatic heterocycles. The predicted molar refractivity (Wildman–Crippen MR) is 140 cm³/mol. The van der Waals surface area contributed by atoms with Gasteiger partial charge in [0.05, 0.1) is 24.5 Å². The molecule has 2 atom stereocenters. The van der Waals surface area contributed by atoms with Gasteiger partial charge in [-0.1, -0.05) is 24.6 Å².